The van der Waals surface area contributed by atoms with Gasteiger partial charge in [-0.25, -0.2) is 0 Å². The largest absolute Gasteiger partial charge is 0.481 e. The number of nitrogens with zero attached hydrogens (tertiary/aromatic N) is 1. The quantitative estimate of drug-likeness (QED) is 0.690. The summed E-state index contributed by atoms with van der Waals surface area (Å²) < 4.78 is 5.59. The summed E-state index contributed by atoms with van der Waals surface area (Å²) in [5.74, 6) is -1.10. The molecule has 1 saturated heterocycles. The Balaban J connectivity index is 2.46. The smallest absolute Gasteiger partial charge is 0.307 e. The van der Waals surface area contributed by atoms with E-state index >= 15 is 0 Å². The number of hydrogen-bond donors (Lipinski definition) is 1. The highest BCUT2D eigenvalue weighted by Gasteiger charge is 2.22. The van der Waals surface area contributed by atoms with Crippen molar-refractivity contribution in [1.29, 1.82) is 0 Å². The van der Waals surface area contributed by atoms with Crippen LogP contribution >= 0.6 is 0 Å². The van der Waals surface area contributed by atoms with Crippen molar-refractivity contribution in [1.82, 2.24) is 4.90 Å². The predicted molar refractivity (Wildman–Crippen MR) is 67.0 cm³/mol. The van der Waals surface area contributed by atoms with E-state index in [-0.39, 0.29) is 12.0 Å². The molecule has 1 fully saturated rings. The zero-order valence-corrected chi connectivity index (χ0v) is 10.8. The topological polar surface area (TPSA) is 49.8 Å². The molecular formula is C13H23NO3. The summed E-state index contributed by atoms with van der Waals surface area (Å²) in [6.45, 7) is 10.5. The van der Waals surface area contributed by atoms with Gasteiger partial charge in [-0.1, -0.05) is 19.1 Å². The SMILES string of the molecule is C=C(C)CN(CC1CCCO1)CC(C)C(=O)O. The number of ether oxygens (including phenoxy) is 1. The molecule has 2 unspecified atom stereocenters. The van der Waals surface area contributed by atoms with Crippen molar-refractivity contribution in [3.63, 3.8) is 0 Å². The Hall–Kier alpha value is -0.870. The molecule has 0 spiro atoms. The highest BCUT2D eigenvalue weighted by molar-refractivity contribution is 5.69. The molecule has 0 radical (unpaired) electrons. The third kappa shape index (κ3) is 5.33. The standard InChI is InChI=1S/C13H23NO3/c1-10(2)7-14(8-11(3)13(15)16)9-12-5-4-6-17-12/h11-12H,1,4-9H2,2-3H3,(H,15,16). The van der Waals surface area contributed by atoms with E-state index < -0.39 is 5.97 Å². The van der Waals surface area contributed by atoms with Gasteiger partial charge in [0.2, 0.25) is 0 Å². The first-order valence-electron chi connectivity index (χ1n) is 6.20. The van der Waals surface area contributed by atoms with Gasteiger partial charge in [0.15, 0.2) is 0 Å². The van der Waals surface area contributed by atoms with Crippen LogP contribution in [0.2, 0.25) is 0 Å². The van der Waals surface area contributed by atoms with Crippen LogP contribution < -0.4 is 0 Å². The molecule has 4 heteroatoms. The van der Waals surface area contributed by atoms with Gasteiger partial charge in [0, 0.05) is 26.2 Å². The minimum absolute atomic E-state index is 0.260. The van der Waals surface area contributed by atoms with Crippen LogP contribution in [0, 0.1) is 5.92 Å². The van der Waals surface area contributed by atoms with Crippen LogP contribution in [0.4, 0.5) is 0 Å². The number of carboxylic acids is 1. The van der Waals surface area contributed by atoms with E-state index in [4.69, 9.17) is 9.84 Å². The zero-order chi connectivity index (χ0) is 12.8. The first-order chi connectivity index (χ1) is 7.99. The molecule has 0 aromatic heterocycles. The van der Waals surface area contributed by atoms with Gasteiger partial charge < -0.3 is 9.84 Å². The van der Waals surface area contributed by atoms with E-state index in [2.05, 4.69) is 11.5 Å². The van der Waals surface area contributed by atoms with Crippen molar-refractivity contribution in [2.24, 2.45) is 5.92 Å². The molecule has 0 amide bonds. The lowest BCUT2D eigenvalue weighted by Crippen LogP contribution is -2.38. The van der Waals surface area contributed by atoms with Gasteiger partial charge in [-0.05, 0) is 19.8 Å². The molecule has 2 atom stereocenters. The van der Waals surface area contributed by atoms with Crippen LogP contribution in [0.1, 0.15) is 26.7 Å². The van der Waals surface area contributed by atoms with Crippen molar-refractivity contribution in [2.75, 3.05) is 26.2 Å². The minimum Gasteiger partial charge on any atom is -0.481 e. The predicted octanol–water partition coefficient (Wildman–Crippen LogP) is 1.76. The molecule has 0 aromatic carbocycles. The molecule has 0 aliphatic carbocycles. The van der Waals surface area contributed by atoms with Crippen LogP contribution in [0.25, 0.3) is 0 Å². The van der Waals surface area contributed by atoms with Crippen molar-refractivity contribution in [2.45, 2.75) is 32.8 Å². The Labute approximate surface area is 103 Å². The van der Waals surface area contributed by atoms with Crippen LogP contribution in [0.3, 0.4) is 0 Å². The van der Waals surface area contributed by atoms with E-state index in [0.717, 1.165) is 38.1 Å². The maximum absolute atomic E-state index is 10.9. The second kappa shape index (κ2) is 6.77. The lowest BCUT2D eigenvalue weighted by molar-refractivity contribution is -0.141. The van der Waals surface area contributed by atoms with Gasteiger partial charge in [0.1, 0.15) is 0 Å². The second-order valence-corrected chi connectivity index (χ2v) is 5.03. The van der Waals surface area contributed by atoms with E-state index in [0.29, 0.717) is 6.54 Å². The van der Waals surface area contributed by atoms with Crippen LogP contribution in [-0.4, -0.2) is 48.3 Å². The normalized spacial score (nSPS) is 21.7. The number of rotatable bonds is 7. The minimum atomic E-state index is -0.746. The first kappa shape index (κ1) is 14.2. The van der Waals surface area contributed by atoms with Crippen LogP contribution in [-0.2, 0) is 9.53 Å². The molecule has 1 aliphatic rings. The molecule has 1 rings (SSSR count). The van der Waals surface area contributed by atoms with E-state index in [1.165, 1.54) is 0 Å². The Bertz CT molecular complexity index is 272. The lowest BCUT2D eigenvalue weighted by atomic mass is 10.1. The fraction of sp³-hybridized carbons (Fsp3) is 0.769. The van der Waals surface area contributed by atoms with Crippen molar-refractivity contribution >= 4 is 5.97 Å². The molecule has 17 heavy (non-hydrogen) atoms. The van der Waals surface area contributed by atoms with Gasteiger partial charge >= 0.3 is 5.97 Å². The Morgan fingerprint density at radius 2 is 2.35 bits per heavy atom. The average molecular weight is 241 g/mol. The number of aliphatic carboxylic acids is 1. The fourth-order valence-corrected chi connectivity index (χ4v) is 2.13. The summed E-state index contributed by atoms with van der Waals surface area (Å²) in [5, 5.41) is 8.95. The first-order valence-corrected chi connectivity index (χ1v) is 6.20. The number of carboxylic acid groups (broad SMARTS) is 1. The molecule has 1 heterocycles. The molecule has 1 aliphatic heterocycles. The van der Waals surface area contributed by atoms with Gasteiger partial charge in [0.25, 0.3) is 0 Å². The average Bonchev–Trinajstić information content (AvgIpc) is 2.68. The van der Waals surface area contributed by atoms with Gasteiger partial charge in [0.05, 0.1) is 12.0 Å². The number of hydrogen-bond acceptors (Lipinski definition) is 3. The third-order valence-corrected chi connectivity index (χ3v) is 2.93. The van der Waals surface area contributed by atoms with Gasteiger partial charge in [-0.15, -0.1) is 0 Å². The van der Waals surface area contributed by atoms with Crippen molar-refractivity contribution < 1.29 is 14.6 Å². The van der Waals surface area contributed by atoms with E-state index in [1.54, 1.807) is 6.92 Å². The van der Waals surface area contributed by atoms with Gasteiger partial charge in [-0.3, -0.25) is 9.69 Å². The van der Waals surface area contributed by atoms with Crippen LogP contribution in [0.5, 0.6) is 0 Å². The van der Waals surface area contributed by atoms with Crippen molar-refractivity contribution in [3.8, 4) is 0 Å². The molecule has 0 bridgehead atoms. The van der Waals surface area contributed by atoms with Crippen LogP contribution in [0.15, 0.2) is 12.2 Å². The molecule has 1 N–H and O–H groups in total. The fourth-order valence-electron chi connectivity index (χ4n) is 2.13. The maximum atomic E-state index is 10.9. The van der Waals surface area contributed by atoms with E-state index in [9.17, 15) is 4.79 Å². The second-order valence-electron chi connectivity index (χ2n) is 5.03. The summed E-state index contributed by atoms with van der Waals surface area (Å²) in [6, 6.07) is 0. The summed E-state index contributed by atoms with van der Waals surface area (Å²) in [4.78, 5) is 13.0. The van der Waals surface area contributed by atoms with Crippen molar-refractivity contribution in [3.05, 3.63) is 12.2 Å². The Morgan fingerprint density at radius 3 is 2.82 bits per heavy atom. The summed E-state index contributed by atoms with van der Waals surface area (Å²) in [6.07, 6.45) is 2.45. The zero-order valence-electron chi connectivity index (χ0n) is 10.8. The highest BCUT2D eigenvalue weighted by atomic mass is 16.5. The third-order valence-electron chi connectivity index (χ3n) is 2.93. The lowest BCUT2D eigenvalue weighted by Gasteiger charge is -2.26. The Kier molecular flexibility index (Phi) is 5.65. The summed E-state index contributed by atoms with van der Waals surface area (Å²) >= 11 is 0. The van der Waals surface area contributed by atoms with Gasteiger partial charge in [-0.2, -0.15) is 0 Å². The van der Waals surface area contributed by atoms with E-state index in [1.807, 2.05) is 6.92 Å². The monoisotopic (exact) mass is 241 g/mol. The maximum Gasteiger partial charge on any atom is 0.307 e. The molecule has 4 nitrogen and oxygen atoms in total. The Morgan fingerprint density at radius 1 is 1.65 bits per heavy atom. The molecule has 0 saturated carbocycles. The molecule has 0 aromatic rings. The number of carbonyl (C=O) groups is 1. The summed E-state index contributed by atoms with van der Waals surface area (Å²) in [5.41, 5.74) is 1.06. The summed E-state index contributed by atoms with van der Waals surface area (Å²) in [7, 11) is 0. The highest BCUT2D eigenvalue weighted by Crippen LogP contribution is 2.15. The molecular weight excluding hydrogens is 218 g/mol. The molecule has 98 valence electrons.